The molecule has 0 atom stereocenters. The van der Waals surface area contributed by atoms with E-state index in [-0.39, 0.29) is 36.5 Å². The van der Waals surface area contributed by atoms with Crippen molar-refractivity contribution in [2.75, 3.05) is 33.4 Å². The van der Waals surface area contributed by atoms with E-state index in [2.05, 4.69) is 20.9 Å². The van der Waals surface area contributed by atoms with Crippen molar-refractivity contribution in [1.82, 2.24) is 16.0 Å². The molecule has 0 fully saturated rings. The third kappa shape index (κ3) is 10.5. The van der Waals surface area contributed by atoms with Crippen molar-refractivity contribution in [3.05, 3.63) is 54.0 Å². The first-order chi connectivity index (χ1) is 14.2. The topological polar surface area (TPSA) is 97.1 Å². The summed E-state index contributed by atoms with van der Waals surface area (Å²) in [5.41, 5.74) is 1.03. The number of carbonyl (C=O) groups excluding carboxylic acids is 1. The van der Waals surface area contributed by atoms with Crippen LogP contribution in [0.5, 0.6) is 5.75 Å². The number of guanidine groups is 1. The van der Waals surface area contributed by atoms with Gasteiger partial charge < -0.3 is 29.8 Å². The van der Waals surface area contributed by atoms with Crippen LogP contribution in [0.4, 0.5) is 0 Å². The van der Waals surface area contributed by atoms with E-state index in [0.717, 1.165) is 24.3 Å². The summed E-state index contributed by atoms with van der Waals surface area (Å²) in [6.07, 6.45) is 2.49. The number of aliphatic imine (C=N–C) groups is 1. The molecule has 166 valence electrons. The Morgan fingerprint density at radius 3 is 2.77 bits per heavy atom. The van der Waals surface area contributed by atoms with Crippen LogP contribution in [0.3, 0.4) is 0 Å². The van der Waals surface area contributed by atoms with Crippen molar-refractivity contribution >= 4 is 35.8 Å². The van der Waals surface area contributed by atoms with Gasteiger partial charge in [0.25, 0.3) is 5.91 Å². The van der Waals surface area contributed by atoms with Crippen molar-refractivity contribution in [2.24, 2.45) is 4.99 Å². The molecule has 1 amide bonds. The molecule has 2 aromatic rings. The Morgan fingerprint density at radius 2 is 2.03 bits per heavy atom. The lowest BCUT2D eigenvalue weighted by Gasteiger charge is -2.13. The molecule has 2 rings (SSSR count). The summed E-state index contributed by atoms with van der Waals surface area (Å²) in [4.78, 5) is 15.7. The van der Waals surface area contributed by atoms with Crippen LogP contribution in [-0.4, -0.2) is 45.2 Å². The number of likely N-dealkylation sites (N-methyl/N-ethyl adjacent to an activating group) is 1. The SMILES string of the molecule is CCNC(=O)COc1cccc(CNC(=NC)NCCCOCc2ccco2)c1.I. The molecule has 0 saturated heterocycles. The zero-order valence-corrected chi connectivity index (χ0v) is 19.8. The number of halogens is 1. The normalized spacial score (nSPS) is 10.8. The van der Waals surface area contributed by atoms with E-state index in [4.69, 9.17) is 13.9 Å². The number of hydrogen-bond donors (Lipinski definition) is 3. The van der Waals surface area contributed by atoms with Gasteiger partial charge in [-0.05, 0) is 43.2 Å². The Balaban J connectivity index is 0.00000450. The first-order valence-electron chi connectivity index (χ1n) is 9.74. The molecule has 1 heterocycles. The summed E-state index contributed by atoms with van der Waals surface area (Å²) in [5.74, 6) is 2.07. The zero-order chi connectivity index (χ0) is 20.7. The van der Waals surface area contributed by atoms with Gasteiger partial charge in [-0.25, -0.2) is 0 Å². The van der Waals surface area contributed by atoms with Gasteiger partial charge in [0, 0.05) is 33.3 Å². The van der Waals surface area contributed by atoms with E-state index in [0.29, 0.717) is 38.0 Å². The lowest BCUT2D eigenvalue weighted by molar-refractivity contribution is -0.122. The Kier molecular flexibility index (Phi) is 13.4. The van der Waals surface area contributed by atoms with E-state index in [1.807, 2.05) is 43.3 Å². The van der Waals surface area contributed by atoms with Crippen LogP contribution in [0.25, 0.3) is 0 Å². The number of ether oxygens (including phenoxy) is 2. The highest BCUT2D eigenvalue weighted by Crippen LogP contribution is 2.13. The van der Waals surface area contributed by atoms with Crippen LogP contribution in [-0.2, 0) is 22.7 Å². The fourth-order valence-electron chi connectivity index (χ4n) is 2.50. The molecular weight excluding hydrogens is 499 g/mol. The highest BCUT2D eigenvalue weighted by atomic mass is 127. The Morgan fingerprint density at radius 1 is 1.17 bits per heavy atom. The molecule has 3 N–H and O–H groups in total. The smallest absolute Gasteiger partial charge is 0.257 e. The molecular formula is C21H31IN4O4. The quantitative estimate of drug-likeness (QED) is 0.169. The third-order valence-corrected chi connectivity index (χ3v) is 3.91. The monoisotopic (exact) mass is 530 g/mol. The van der Waals surface area contributed by atoms with Crippen LogP contribution < -0.4 is 20.7 Å². The average Bonchev–Trinajstić information content (AvgIpc) is 3.25. The predicted molar refractivity (Wildman–Crippen MR) is 127 cm³/mol. The standard InChI is InChI=1S/C21H30N4O4.HI/c1-3-23-20(26)16-29-18-8-4-7-17(13-18)14-25-21(22-2)24-10-6-11-27-15-19-9-5-12-28-19;/h4-5,7-9,12-13H,3,6,10-11,14-16H2,1-2H3,(H,23,26)(H2,22,24,25);1H. The lowest BCUT2D eigenvalue weighted by Crippen LogP contribution is -2.37. The van der Waals surface area contributed by atoms with Crippen molar-refractivity contribution < 1.29 is 18.7 Å². The highest BCUT2D eigenvalue weighted by molar-refractivity contribution is 14.0. The van der Waals surface area contributed by atoms with Crippen molar-refractivity contribution in [1.29, 1.82) is 0 Å². The van der Waals surface area contributed by atoms with Crippen LogP contribution >= 0.6 is 24.0 Å². The van der Waals surface area contributed by atoms with Crippen molar-refractivity contribution in [2.45, 2.75) is 26.5 Å². The molecule has 0 radical (unpaired) electrons. The Bertz CT molecular complexity index is 753. The van der Waals surface area contributed by atoms with Crippen LogP contribution in [0, 0.1) is 0 Å². The Hall–Kier alpha value is -2.27. The molecule has 30 heavy (non-hydrogen) atoms. The summed E-state index contributed by atoms with van der Waals surface area (Å²) >= 11 is 0. The van der Waals surface area contributed by atoms with Gasteiger partial charge in [0.1, 0.15) is 18.1 Å². The number of hydrogen-bond acceptors (Lipinski definition) is 5. The summed E-state index contributed by atoms with van der Waals surface area (Å²) in [6.45, 7) is 4.93. The molecule has 0 unspecified atom stereocenters. The minimum Gasteiger partial charge on any atom is -0.484 e. The van der Waals surface area contributed by atoms with E-state index < -0.39 is 0 Å². The number of furan rings is 1. The number of nitrogens with zero attached hydrogens (tertiary/aromatic N) is 1. The number of nitrogens with one attached hydrogen (secondary N) is 3. The van der Waals surface area contributed by atoms with Crippen LogP contribution in [0.1, 0.15) is 24.7 Å². The second-order valence-corrected chi connectivity index (χ2v) is 6.23. The van der Waals surface area contributed by atoms with Gasteiger partial charge in [-0.1, -0.05) is 12.1 Å². The molecule has 1 aromatic heterocycles. The summed E-state index contributed by atoms with van der Waals surface area (Å²) in [6, 6.07) is 11.4. The lowest BCUT2D eigenvalue weighted by atomic mass is 10.2. The number of amides is 1. The maximum atomic E-state index is 11.5. The molecule has 0 spiro atoms. The second-order valence-electron chi connectivity index (χ2n) is 6.23. The van der Waals surface area contributed by atoms with Crippen molar-refractivity contribution in [3.63, 3.8) is 0 Å². The third-order valence-electron chi connectivity index (χ3n) is 3.91. The molecule has 0 aliphatic heterocycles. The second kappa shape index (κ2) is 15.6. The number of benzene rings is 1. The molecule has 0 aliphatic rings. The maximum absolute atomic E-state index is 11.5. The summed E-state index contributed by atoms with van der Waals surface area (Å²) in [5, 5.41) is 9.22. The fraction of sp³-hybridized carbons (Fsp3) is 0.429. The number of rotatable bonds is 12. The van der Waals surface area contributed by atoms with Crippen molar-refractivity contribution in [3.8, 4) is 5.75 Å². The average molecular weight is 530 g/mol. The predicted octanol–water partition coefficient (Wildman–Crippen LogP) is 2.68. The largest absolute Gasteiger partial charge is 0.484 e. The molecule has 1 aromatic carbocycles. The van der Waals surface area contributed by atoms with Gasteiger partial charge in [-0.2, -0.15) is 0 Å². The fourth-order valence-corrected chi connectivity index (χ4v) is 2.50. The van der Waals surface area contributed by atoms with E-state index in [1.54, 1.807) is 13.3 Å². The van der Waals surface area contributed by atoms with E-state index >= 15 is 0 Å². The maximum Gasteiger partial charge on any atom is 0.257 e. The minimum atomic E-state index is -0.131. The molecule has 0 bridgehead atoms. The van der Waals surface area contributed by atoms with Gasteiger partial charge in [-0.3, -0.25) is 9.79 Å². The van der Waals surface area contributed by atoms with Gasteiger partial charge in [0.05, 0.1) is 6.26 Å². The van der Waals surface area contributed by atoms with Crippen LogP contribution in [0.2, 0.25) is 0 Å². The van der Waals surface area contributed by atoms with Crippen LogP contribution in [0.15, 0.2) is 52.1 Å². The number of carbonyl (C=O) groups is 1. The van der Waals surface area contributed by atoms with E-state index in [9.17, 15) is 4.79 Å². The van der Waals surface area contributed by atoms with Gasteiger partial charge >= 0.3 is 0 Å². The first kappa shape index (κ1) is 25.8. The van der Waals surface area contributed by atoms with Gasteiger partial charge in [0.2, 0.25) is 0 Å². The van der Waals surface area contributed by atoms with E-state index in [1.165, 1.54) is 0 Å². The van der Waals surface area contributed by atoms with Gasteiger partial charge in [0.15, 0.2) is 12.6 Å². The summed E-state index contributed by atoms with van der Waals surface area (Å²) in [7, 11) is 1.73. The molecule has 9 heteroatoms. The minimum absolute atomic E-state index is 0. The molecule has 0 saturated carbocycles. The van der Waals surface area contributed by atoms with Gasteiger partial charge in [-0.15, -0.1) is 24.0 Å². The first-order valence-corrected chi connectivity index (χ1v) is 9.74. The molecule has 8 nitrogen and oxygen atoms in total. The molecule has 0 aliphatic carbocycles. The zero-order valence-electron chi connectivity index (χ0n) is 17.5. The Labute approximate surface area is 194 Å². The summed E-state index contributed by atoms with van der Waals surface area (Å²) < 4.78 is 16.3. The highest BCUT2D eigenvalue weighted by Gasteiger charge is 2.03.